The number of thiophene rings is 1. The van der Waals surface area contributed by atoms with Crippen molar-refractivity contribution in [1.82, 2.24) is 0 Å². The molecule has 45 heavy (non-hydrogen) atoms. The number of rotatable bonds is 10. The number of fused-ring (bicyclic) bond motifs is 1. The van der Waals surface area contributed by atoms with Crippen LogP contribution in [0.4, 0.5) is 46.5 Å². The van der Waals surface area contributed by atoms with Crippen molar-refractivity contribution in [3.63, 3.8) is 0 Å². The molecule has 0 saturated carbocycles. The summed E-state index contributed by atoms with van der Waals surface area (Å²) in [5, 5.41) is 0.638. The van der Waals surface area contributed by atoms with Gasteiger partial charge in [-0.3, -0.25) is 4.72 Å². The van der Waals surface area contributed by atoms with E-state index in [0.29, 0.717) is 22.0 Å². The minimum atomic E-state index is -5.26. The molecule has 0 radical (unpaired) electrons. The van der Waals surface area contributed by atoms with Crippen molar-refractivity contribution in [3.8, 4) is 11.5 Å². The molecule has 0 aliphatic carbocycles. The molecule has 4 rings (SSSR count). The average molecular weight is 682 g/mol. The van der Waals surface area contributed by atoms with Gasteiger partial charge in [-0.1, -0.05) is 13.8 Å². The topological polar surface area (TPSA) is 103 Å². The molecule has 0 aliphatic heterocycles. The Kier molecular flexibility index (Phi) is 9.00. The van der Waals surface area contributed by atoms with Gasteiger partial charge in [-0.15, -0.1) is 24.5 Å². The smallest absolute Gasteiger partial charge is 0.428 e. The zero-order chi connectivity index (χ0) is 33.5. The SMILES string of the molecule is CC(C)(c1cc(F)cc(N=C(N)c2cc3cc(NS(C)(=O)=O)ccc3s2)c1)c1cc(OC(F)(F)F)cc(OC(F)(F)C(F)F)c1. The lowest BCUT2D eigenvalue weighted by molar-refractivity contribution is -0.274. The highest BCUT2D eigenvalue weighted by Gasteiger charge is 2.44. The van der Waals surface area contributed by atoms with Crippen LogP contribution in [0.3, 0.4) is 0 Å². The molecule has 0 atom stereocenters. The largest absolute Gasteiger partial charge is 0.573 e. The second-order valence-electron chi connectivity index (χ2n) is 10.3. The van der Waals surface area contributed by atoms with E-state index in [4.69, 9.17) is 5.73 Å². The third-order valence-electron chi connectivity index (χ3n) is 6.27. The molecule has 0 bridgehead atoms. The summed E-state index contributed by atoms with van der Waals surface area (Å²) in [4.78, 5) is 4.71. The number of nitrogens with one attached hydrogen (secondary N) is 1. The summed E-state index contributed by atoms with van der Waals surface area (Å²) in [5.74, 6) is -2.97. The van der Waals surface area contributed by atoms with Gasteiger partial charge in [0.1, 0.15) is 23.2 Å². The van der Waals surface area contributed by atoms with E-state index in [1.165, 1.54) is 31.3 Å². The molecule has 4 aromatic rings. The molecule has 3 N–H and O–H groups in total. The fourth-order valence-electron chi connectivity index (χ4n) is 4.19. The maximum Gasteiger partial charge on any atom is 0.573 e. The molecule has 1 heterocycles. The van der Waals surface area contributed by atoms with Crippen LogP contribution < -0.4 is 19.9 Å². The summed E-state index contributed by atoms with van der Waals surface area (Å²) >= 11 is 1.22. The van der Waals surface area contributed by atoms with Crippen molar-refractivity contribution in [2.45, 2.75) is 38.2 Å². The molecule has 0 amide bonds. The predicted octanol–water partition coefficient (Wildman–Crippen LogP) is 7.91. The number of amidine groups is 1. The Morgan fingerprint density at radius 1 is 0.911 bits per heavy atom. The van der Waals surface area contributed by atoms with E-state index in [2.05, 4.69) is 19.2 Å². The van der Waals surface area contributed by atoms with E-state index in [1.54, 1.807) is 24.3 Å². The highest BCUT2D eigenvalue weighted by molar-refractivity contribution is 7.92. The Morgan fingerprint density at radius 2 is 1.53 bits per heavy atom. The zero-order valence-corrected chi connectivity index (χ0v) is 25.0. The van der Waals surface area contributed by atoms with Crippen LogP contribution in [0, 0.1) is 5.82 Å². The summed E-state index contributed by atoms with van der Waals surface area (Å²) in [7, 11) is -3.52. The van der Waals surface area contributed by atoms with Crippen LogP contribution in [0.2, 0.25) is 0 Å². The number of nitrogens with two attached hydrogens (primary N) is 1. The van der Waals surface area contributed by atoms with E-state index in [1.807, 2.05) is 0 Å². The number of aliphatic imine (C=N–C) groups is 1. The number of alkyl halides is 7. The normalized spacial score (nSPS) is 13.4. The lowest BCUT2D eigenvalue weighted by atomic mass is 9.78. The first kappa shape index (κ1) is 33.8. The molecule has 0 fully saturated rings. The maximum absolute atomic E-state index is 14.8. The lowest BCUT2D eigenvalue weighted by Crippen LogP contribution is -2.33. The molecule has 3 aromatic carbocycles. The van der Waals surface area contributed by atoms with Crippen molar-refractivity contribution in [2.24, 2.45) is 10.7 Å². The molecular weight excluding hydrogens is 658 g/mol. The third-order valence-corrected chi connectivity index (χ3v) is 8.01. The van der Waals surface area contributed by atoms with Gasteiger partial charge >= 0.3 is 18.9 Å². The van der Waals surface area contributed by atoms with Crippen molar-refractivity contribution in [1.29, 1.82) is 0 Å². The Morgan fingerprint density at radius 3 is 2.13 bits per heavy atom. The minimum Gasteiger partial charge on any atom is -0.428 e. The summed E-state index contributed by atoms with van der Waals surface area (Å²) in [6.07, 6.45) is -13.6. The van der Waals surface area contributed by atoms with Crippen LogP contribution in [0.25, 0.3) is 10.1 Å². The van der Waals surface area contributed by atoms with Gasteiger partial charge in [0.15, 0.2) is 0 Å². The van der Waals surface area contributed by atoms with E-state index < -0.39 is 51.7 Å². The van der Waals surface area contributed by atoms with Gasteiger partial charge in [0.25, 0.3) is 0 Å². The Labute approximate surface area is 255 Å². The van der Waals surface area contributed by atoms with Crippen molar-refractivity contribution >= 4 is 48.7 Å². The van der Waals surface area contributed by atoms with Gasteiger partial charge in [0.05, 0.1) is 16.8 Å². The molecule has 0 saturated heterocycles. The molecular formula is C28H23F8N3O4S2. The van der Waals surface area contributed by atoms with Crippen LogP contribution in [0.1, 0.15) is 29.9 Å². The third kappa shape index (κ3) is 8.54. The Balaban J connectivity index is 1.72. The van der Waals surface area contributed by atoms with Crippen LogP contribution >= 0.6 is 11.3 Å². The monoisotopic (exact) mass is 681 g/mol. The molecule has 1 aromatic heterocycles. The molecule has 0 spiro atoms. The minimum absolute atomic E-state index is 0.0177. The first-order valence-electron chi connectivity index (χ1n) is 12.5. The number of hydrogen-bond acceptors (Lipinski definition) is 6. The van der Waals surface area contributed by atoms with Crippen LogP contribution in [0.15, 0.2) is 65.7 Å². The fourth-order valence-corrected chi connectivity index (χ4v) is 5.69. The first-order valence-corrected chi connectivity index (χ1v) is 15.3. The Bertz CT molecular complexity index is 1870. The van der Waals surface area contributed by atoms with E-state index >= 15 is 0 Å². The maximum atomic E-state index is 14.8. The second kappa shape index (κ2) is 12.0. The van der Waals surface area contributed by atoms with Gasteiger partial charge in [0, 0.05) is 21.9 Å². The standard InChI is InChI=1S/C28H23F8N3O4S2/c1-26(2,16-10-20(42-27(32,33)25(30)31)13-21(11-16)43-28(34,35)36)15-8-17(29)12-19(9-15)38-24(37)23-7-14-6-18(39-45(3,40)41)4-5-22(14)44-23/h4-13,25,39H,1-3H3,(H2,37,38). The van der Waals surface area contributed by atoms with Gasteiger partial charge in [-0.05, 0) is 71.1 Å². The fraction of sp³-hybridized carbons (Fsp3) is 0.250. The summed E-state index contributed by atoms with van der Waals surface area (Å²) in [6.45, 7) is 2.82. The average Bonchev–Trinajstić information content (AvgIpc) is 3.29. The molecule has 0 unspecified atom stereocenters. The molecule has 242 valence electrons. The van der Waals surface area contributed by atoms with Crippen LogP contribution in [-0.4, -0.2) is 39.4 Å². The van der Waals surface area contributed by atoms with Crippen molar-refractivity contribution in [2.75, 3.05) is 11.0 Å². The Hall–Kier alpha value is -4.12. The van der Waals surface area contributed by atoms with Crippen molar-refractivity contribution in [3.05, 3.63) is 82.5 Å². The van der Waals surface area contributed by atoms with Gasteiger partial charge in [-0.2, -0.15) is 17.6 Å². The summed E-state index contributed by atoms with van der Waals surface area (Å²) < 4.78 is 141. The van der Waals surface area contributed by atoms with Crippen molar-refractivity contribution < 1.29 is 53.0 Å². The zero-order valence-electron chi connectivity index (χ0n) is 23.3. The number of hydrogen-bond donors (Lipinski definition) is 2. The number of halogens is 8. The summed E-state index contributed by atoms with van der Waals surface area (Å²) in [5.41, 5.74) is 4.95. The number of benzene rings is 3. The molecule has 0 aliphatic rings. The lowest BCUT2D eigenvalue weighted by Gasteiger charge is -2.28. The number of ether oxygens (including phenoxy) is 2. The van der Waals surface area contributed by atoms with Crippen LogP contribution in [0.5, 0.6) is 11.5 Å². The van der Waals surface area contributed by atoms with E-state index in [-0.39, 0.29) is 22.6 Å². The number of nitrogens with zero attached hydrogens (tertiary/aromatic N) is 1. The molecule has 17 heteroatoms. The number of sulfonamides is 1. The summed E-state index contributed by atoms with van der Waals surface area (Å²) in [6, 6.07) is 11.8. The highest BCUT2D eigenvalue weighted by atomic mass is 32.2. The van der Waals surface area contributed by atoms with Crippen LogP contribution in [-0.2, 0) is 15.4 Å². The molecule has 7 nitrogen and oxygen atoms in total. The van der Waals surface area contributed by atoms with Gasteiger partial charge in [-0.25, -0.2) is 17.8 Å². The predicted molar refractivity (Wildman–Crippen MR) is 154 cm³/mol. The number of anilines is 1. The first-order chi connectivity index (χ1) is 20.6. The van der Waals surface area contributed by atoms with Gasteiger partial charge in [0.2, 0.25) is 10.0 Å². The van der Waals surface area contributed by atoms with Gasteiger partial charge < -0.3 is 15.2 Å². The quantitative estimate of drug-likeness (QED) is 0.101. The van der Waals surface area contributed by atoms with E-state index in [9.17, 15) is 43.5 Å². The second-order valence-corrected chi connectivity index (χ2v) is 13.1. The highest BCUT2D eigenvalue weighted by Crippen LogP contribution is 2.40. The van der Waals surface area contributed by atoms with E-state index in [0.717, 1.165) is 35.2 Å².